The molecule has 0 N–H and O–H groups in total. The van der Waals surface area contributed by atoms with Crippen LogP contribution in [-0.2, 0) is 4.79 Å². The number of rotatable bonds is 4. The maximum absolute atomic E-state index is 12.5. The van der Waals surface area contributed by atoms with E-state index >= 15 is 0 Å². The zero-order chi connectivity index (χ0) is 10.4. The van der Waals surface area contributed by atoms with Crippen molar-refractivity contribution < 1.29 is 13.9 Å². The summed E-state index contributed by atoms with van der Waals surface area (Å²) >= 11 is 0. The summed E-state index contributed by atoms with van der Waals surface area (Å²) in [5.41, 5.74) is 0. The molecule has 3 nitrogen and oxygen atoms in total. The van der Waals surface area contributed by atoms with Gasteiger partial charge in [-0.3, -0.25) is 0 Å². The van der Waals surface area contributed by atoms with E-state index in [0.29, 0.717) is 5.75 Å². The van der Waals surface area contributed by atoms with Crippen LogP contribution in [0.4, 0.5) is 4.39 Å². The van der Waals surface area contributed by atoms with Gasteiger partial charge in [0.25, 0.3) is 0 Å². The molecule has 0 radical (unpaired) electrons. The number of carbonyl (C=O) groups excluding carboxylic acids is 1. The van der Waals surface area contributed by atoms with Crippen molar-refractivity contribution in [1.82, 2.24) is 0 Å². The normalized spacial score (nSPS) is 11.6. The molecule has 1 rings (SSSR count). The minimum Gasteiger partial charge on any atom is -0.489 e. The molecule has 0 aliphatic carbocycles. The number of ether oxygens (including phenoxy) is 1. The van der Waals surface area contributed by atoms with Gasteiger partial charge in [-0.1, -0.05) is 0 Å². The molecular weight excluding hydrogens is 185 g/mol. The quantitative estimate of drug-likeness (QED) is 0.544. The number of aliphatic imine (C=N–C) groups is 1. The van der Waals surface area contributed by atoms with E-state index in [1.165, 1.54) is 30.3 Å². The van der Waals surface area contributed by atoms with Crippen LogP contribution in [0, 0.1) is 5.82 Å². The van der Waals surface area contributed by atoms with Crippen LogP contribution in [0.5, 0.6) is 5.75 Å². The van der Waals surface area contributed by atoms with E-state index in [2.05, 4.69) is 4.99 Å². The van der Waals surface area contributed by atoms with Crippen molar-refractivity contribution in [2.45, 2.75) is 13.0 Å². The molecule has 0 aromatic heterocycles. The molecule has 1 unspecified atom stereocenters. The number of hydrogen-bond donors (Lipinski definition) is 0. The first-order valence-corrected chi connectivity index (χ1v) is 4.18. The predicted octanol–water partition coefficient (Wildman–Crippen LogP) is 1.93. The Morgan fingerprint density at radius 2 is 2.14 bits per heavy atom. The maximum Gasteiger partial charge on any atom is 0.235 e. The van der Waals surface area contributed by atoms with Crippen molar-refractivity contribution in [1.29, 1.82) is 0 Å². The van der Waals surface area contributed by atoms with Crippen molar-refractivity contribution in [2.75, 3.05) is 6.54 Å². The van der Waals surface area contributed by atoms with Crippen molar-refractivity contribution >= 4 is 6.08 Å². The average molecular weight is 195 g/mol. The summed E-state index contributed by atoms with van der Waals surface area (Å²) in [6.07, 6.45) is 1.21. The van der Waals surface area contributed by atoms with Crippen LogP contribution in [0.2, 0.25) is 0 Å². The third kappa shape index (κ3) is 3.37. The monoisotopic (exact) mass is 195 g/mol. The van der Waals surface area contributed by atoms with Gasteiger partial charge in [0.2, 0.25) is 6.08 Å². The lowest BCUT2D eigenvalue weighted by molar-refractivity contribution is 0.230. The minimum absolute atomic E-state index is 0.220. The minimum atomic E-state index is -0.309. The molecule has 0 aliphatic rings. The summed E-state index contributed by atoms with van der Waals surface area (Å²) in [5, 5.41) is 0. The van der Waals surface area contributed by atoms with Crippen LogP contribution >= 0.6 is 0 Å². The summed E-state index contributed by atoms with van der Waals surface area (Å²) in [4.78, 5) is 13.2. The molecule has 74 valence electrons. The van der Waals surface area contributed by atoms with E-state index < -0.39 is 0 Å². The van der Waals surface area contributed by atoms with E-state index in [-0.39, 0.29) is 18.5 Å². The molecular formula is C10H10FNO2. The zero-order valence-electron chi connectivity index (χ0n) is 7.74. The molecule has 0 fully saturated rings. The molecule has 14 heavy (non-hydrogen) atoms. The van der Waals surface area contributed by atoms with Crippen LogP contribution in [0.15, 0.2) is 29.3 Å². The predicted molar refractivity (Wildman–Crippen MR) is 49.5 cm³/mol. The van der Waals surface area contributed by atoms with Crippen LogP contribution in [-0.4, -0.2) is 18.7 Å². The van der Waals surface area contributed by atoms with E-state index in [1.54, 1.807) is 6.92 Å². The van der Waals surface area contributed by atoms with Crippen LogP contribution in [0.25, 0.3) is 0 Å². The van der Waals surface area contributed by atoms with E-state index in [4.69, 9.17) is 4.74 Å². The number of nitrogens with zero attached hydrogens (tertiary/aromatic N) is 1. The van der Waals surface area contributed by atoms with Gasteiger partial charge in [0.05, 0.1) is 6.54 Å². The van der Waals surface area contributed by atoms with Gasteiger partial charge < -0.3 is 4.74 Å². The second-order valence-corrected chi connectivity index (χ2v) is 2.81. The lowest BCUT2D eigenvalue weighted by atomic mass is 10.3. The van der Waals surface area contributed by atoms with Gasteiger partial charge in [-0.15, -0.1) is 0 Å². The highest BCUT2D eigenvalue weighted by Gasteiger charge is 2.02. The fourth-order valence-electron chi connectivity index (χ4n) is 0.949. The Labute approximate surface area is 81.2 Å². The molecule has 1 aromatic rings. The third-order valence-corrected chi connectivity index (χ3v) is 1.56. The third-order valence-electron chi connectivity index (χ3n) is 1.56. The van der Waals surface area contributed by atoms with Crippen LogP contribution in [0.1, 0.15) is 6.92 Å². The average Bonchev–Trinajstić information content (AvgIpc) is 2.18. The fourth-order valence-corrected chi connectivity index (χ4v) is 0.949. The summed E-state index contributed by atoms with van der Waals surface area (Å²) < 4.78 is 17.8. The number of hydrogen-bond acceptors (Lipinski definition) is 3. The fraction of sp³-hybridized carbons (Fsp3) is 0.300. The lowest BCUT2D eigenvalue weighted by Gasteiger charge is -2.11. The highest BCUT2D eigenvalue weighted by molar-refractivity contribution is 5.32. The van der Waals surface area contributed by atoms with Crippen molar-refractivity contribution in [3.63, 3.8) is 0 Å². The Kier molecular flexibility index (Phi) is 3.83. The standard InChI is InChI=1S/C10H10FNO2/c1-8(6-12-7-13)14-10-4-2-9(11)3-5-10/h2-5,8H,6H2,1H3. The Morgan fingerprint density at radius 1 is 1.50 bits per heavy atom. The molecule has 1 atom stereocenters. The van der Waals surface area contributed by atoms with E-state index in [9.17, 15) is 9.18 Å². The second kappa shape index (κ2) is 5.14. The highest BCUT2D eigenvalue weighted by Crippen LogP contribution is 2.12. The number of benzene rings is 1. The Hall–Kier alpha value is -1.67. The lowest BCUT2D eigenvalue weighted by Crippen LogP contribution is -2.15. The van der Waals surface area contributed by atoms with Crippen LogP contribution < -0.4 is 4.74 Å². The van der Waals surface area contributed by atoms with Gasteiger partial charge in [0.15, 0.2) is 0 Å². The summed E-state index contributed by atoms with van der Waals surface area (Å²) in [6, 6.07) is 5.67. The molecule has 0 amide bonds. The molecule has 0 aliphatic heterocycles. The Morgan fingerprint density at radius 3 is 2.71 bits per heavy atom. The number of isocyanates is 1. The number of halogens is 1. The maximum atomic E-state index is 12.5. The SMILES string of the molecule is CC(CN=C=O)Oc1ccc(F)cc1. The molecule has 0 spiro atoms. The van der Waals surface area contributed by atoms with Crippen molar-refractivity contribution in [2.24, 2.45) is 4.99 Å². The first kappa shape index (κ1) is 10.4. The zero-order valence-corrected chi connectivity index (χ0v) is 7.74. The van der Waals surface area contributed by atoms with Gasteiger partial charge in [-0.25, -0.2) is 14.2 Å². The van der Waals surface area contributed by atoms with Crippen LogP contribution in [0.3, 0.4) is 0 Å². The molecule has 0 saturated heterocycles. The van der Waals surface area contributed by atoms with Gasteiger partial charge in [0.1, 0.15) is 17.7 Å². The summed E-state index contributed by atoms with van der Waals surface area (Å²) in [6.45, 7) is 2.02. The largest absolute Gasteiger partial charge is 0.489 e. The van der Waals surface area contributed by atoms with Crippen molar-refractivity contribution in [3.05, 3.63) is 30.1 Å². The smallest absolute Gasteiger partial charge is 0.235 e. The van der Waals surface area contributed by atoms with E-state index in [0.717, 1.165) is 0 Å². The summed E-state index contributed by atoms with van der Waals surface area (Å²) in [5.74, 6) is 0.246. The molecule has 1 aromatic carbocycles. The van der Waals surface area contributed by atoms with E-state index in [1.807, 2.05) is 0 Å². The first-order chi connectivity index (χ1) is 6.72. The molecule has 0 saturated carbocycles. The molecule has 0 heterocycles. The molecule has 0 bridgehead atoms. The molecule has 4 heteroatoms. The Bertz CT molecular complexity index is 330. The Balaban J connectivity index is 2.51. The van der Waals surface area contributed by atoms with Gasteiger partial charge in [0, 0.05) is 0 Å². The van der Waals surface area contributed by atoms with Gasteiger partial charge >= 0.3 is 0 Å². The summed E-state index contributed by atoms with van der Waals surface area (Å²) in [7, 11) is 0. The second-order valence-electron chi connectivity index (χ2n) is 2.81. The van der Waals surface area contributed by atoms with Gasteiger partial charge in [-0.2, -0.15) is 0 Å². The van der Waals surface area contributed by atoms with Gasteiger partial charge in [-0.05, 0) is 31.2 Å². The topological polar surface area (TPSA) is 38.7 Å². The highest BCUT2D eigenvalue weighted by atomic mass is 19.1. The van der Waals surface area contributed by atoms with Crippen molar-refractivity contribution in [3.8, 4) is 5.75 Å². The first-order valence-electron chi connectivity index (χ1n) is 4.18.